The molecule has 3 rings (SSSR count). The van der Waals surface area contributed by atoms with Gasteiger partial charge in [0.15, 0.2) is 0 Å². The second-order valence-electron chi connectivity index (χ2n) is 5.23. The number of carbonyl (C=O) groups is 2. The minimum absolute atomic E-state index is 0.0106. The van der Waals surface area contributed by atoms with Gasteiger partial charge in [0.25, 0.3) is 5.91 Å². The van der Waals surface area contributed by atoms with Gasteiger partial charge in [-0.2, -0.15) is 0 Å². The third-order valence-electron chi connectivity index (χ3n) is 3.80. The van der Waals surface area contributed by atoms with Gasteiger partial charge in [-0.15, -0.1) is 0 Å². The SMILES string of the molecule is NC1CCN(C(=O)c2ccc3c(c2)CC(=O)N3)CC1. The first kappa shape index (κ1) is 12.2. The van der Waals surface area contributed by atoms with E-state index in [1.165, 1.54) is 0 Å². The Hall–Kier alpha value is -1.88. The number of piperidine rings is 1. The minimum atomic E-state index is -0.0106. The fraction of sp³-hybridized carbons (Fsp3) is 0.429. The molecule has 0 spiro atoms. The molecular formula is C14H17N3O2. The van der Waals surface area contributed by atoms with Crippen LogP contribution in [0, 0.1) is 0 Å². The van der Waals surface area contributed by atoms with Crippen molar-refractivity contribution < 1.29 is 9.59 Å². The Morgan fingerprint density at radius 1 is 1.32 bits per heavy atom. The standard InChI is InChI=1S/C14H17N3O2/c15-11-3-5-17(6-4-11)14(19)9-1-2-12-10(7-9)8-13(18)16-12/h1-2,7,11H,3-6,8,15H2,(H,16,18). The van der Waals surface area contributed by atoms with Crippen molar-refractivity contribution in [2.75, 3.05) is 18.4 Å². The highest BCUT2D eigenvalue weighted by Crippen LogP contribution is 2.24. The molecule has 0 unspecified atom stereocenters. The van der Waals surface area contributed by atoms with Gasteiger partial charge in [0.05, 0.1) is 6.42 Å². The third-order valence-corrected chi connectivity index (χ3v) is 3.80. The highest BCUT2D eigenvalue weighted by Gasteiger charge is 2.24. The van der Waals surface area contributed by atoms with Crippen LogP contribution in [-0.2, 0) is 11.2 Å². The second kappa shape index (κ2) is 4.66. The molecule has 5 heteroatoms. The summed E-state index contributed by atoms with van der Waals surface area (Å²) >= 11 is 0. The molecule has 1 aromatic rings. The summed E-state index contributed by atoms with van der Waals surface area (Å²) in [7, 11) is 0. The van der Waals surface area contributed by atoms with Crippen LogP contribution in [0.1, 0.15) is 28.8 Å². The molecule has 1 saturated heterocycles. The molecule has 2 aliphatic rings. The predicted octanol–water partition coefficient (Wildman–Crippen LogP) is 0.744. The van der Waals surface area contributed by atoms with E-state index in [4.69, 9.17) is 5.73 Å². The Morgan fingerprint density at radius 3 is 2.79 bits per heavy atom. The van der Waals surface area contributed by atoms with Crippen molar-refractivity contribution >= 4 is 17.5 Å². The lowest BCUT2D eigenvalue weighted by Crippen LogP contribution is -2.42. The third kappa shape index (κ3) is 2.33. The molecule has 2 heterocycles. The summed E-state index contributed by atoms with van der Waals surface area (Å²) in [6, 6.07) is 5.63. The lowest BCUT2D eigenvalue weighted by Gasteiger charge is -2.30. The predicted molar refractivity (Wildman–Crippen MR) is 71.9 cm³/mol. The maximum absolute atomic E-state index is 12.4. The van der Waals surface area contributed by atoms with E-state index in [0.29, 0.717) is 25.1 Å². The van der Waals surface area contributed by atoms with Crippen LogP contribution in [-0.4, -0.2) is 35.8 Å². The summed E-state index contributed by atoms with van der Waals surface area (Å²) in [6.07, 6.45) is 2.08. The van der Waals surface area contributed by atoms with Gasteiger partial charge in [0.1, 0.15) is 0 Å². The number of amides is 2. The molecule has 1 aromatic carbocycles. The first-order valence-electron chi connectivity index (χ1n) is 6.61. The maximum Gasteiger partial charge on any atom is 0.253 e. The second-order valence-corrected chi connectivity index (χ2v) is 5.23. The van der Waals surface area contributed by atoms with E-state index in [-0.39, 0.29) is 17.9 Å². The van der Waals surface area contributed by atoms with E-state index in [2.05, 4.69) is 5.32 Å². The van der Waals surface area contributed by atoms with Crippen molar-refractivity contribution in [1.82, 2.24) is 4.90 Å². The molecule has 3 N–H and O–H groups in total. The molecule has 0 radical (unpaired) electrons. The zero-order valence-electron chi connectivity index (χ0n) is 10.7. The monoisotopic (exact) mass is 259 g/mol. The van der Waals surface area contributed by atoms with E-state index in [1.54, 1.807) is 6.07 Å². The number of hydrogen-bond acceptors (Lipinski definition) is 3. The van der Waals surface area contributed by atoms with Crippen LogP contribution >= 0.6 is 0 Å². The number of nitrogens with two attached hydrogens (primary N) is 1. The molecule has 5 nitrogen and oxygen atoms in total. The van der Waals surface area contributed by atoms with Gasteiger partial charge in [-0.1, -0.05) is 0 Å². The number of nitrogens with one attached hydrogen (secondary N) is 1. The number of nitrogens with zero attached hydrogens (tertiary/aromatic N) is 1. The fourth-order valence-electron chi connectivity index (χ4n) is 2.65. The quantitative estimate of drug-likeness (QED) is 0.781. The van der Waals surface area contributed by atoms with E-state index >= 15 is 0 Å². The molecule has 2 amide bonds. The van der Waals surface area contributed by atoms with Crippen molar-refractivity contribution in [2.24, 2.45) is 5.73 Å². The normalized spacial score (nSPS) is 19.2. The zero-order chi connectivity index (χ0) is 13.4. The van der Waals surface area contributed by atoms with Crippen molar-refractivity contribution in [3.63, 3.8) is 0 Å². The highest BCUT2D eigenvalue weighted by atomic mass is 16.2. The maximum atomic E-state index is 12.4. The van der Waals surface area contributed by atoms with Crippen LogP contribution < -0.4 is 11.1 Å². The van der Waals surface area contributed by atoms with Crippen LogP contribution in [0.5, 0.6) is 0 Å². The first-order valence-corrected chi connectivity index (χ1v) is 6.61. The summed E-state index contributed by atoms with van der Waals surface area (Å²) in [6.45, 7) is 1.43. The van der Waals surface area contributed by atoms with Crippen LogP contribution in [0.25, 0.3) is 0 Å². The van der Waals surface area contributed by atoms with Crippen molar-refractivity contribution in [3.05, 3.63) is 29.3 Å². The average Bonchev–Trinajstić information content (AvgIpc) is 2.77. The van der Waals surface area contributed by atoms with Gasteiger partial charge in [0.2, 0.25) is 5.91 Å². The Balaban J connectivity index is 1.77. The molecule has 0 atom stereocenters. The molecule has 2 aliphatic heterocycles. The highest BCUT2D eigenvalue weighted by molar-refractivity contribution is 6.01. The van der Waals surface area contributed by atoms with Gasteiger partial charge in [0, 0.05) is 30.4 Å². The number of rotatable bonds is 1. The Kier molecular flexibility index (Phi) is 2.98. The summed E-state index contributed by atoms with van der Waals surface area (Å²) in [5, 5.41) is 2.77. The first-order chi connectivity index (χ1) is 9.13. The molecular weight excluding hydrogens is 242 g/mol. The number of fused-ring (bicyclic) bond motifs is 1. The van der Waals surface area contributed by atoms with Gasteiger partial charge in [-0.3, -0.25) is 9.59 Å². The van der Waals surface area contributed by atoms with E-state index in [0.717, 1.165) is 24.1 Å². The Labute approximate surface area is 111 Å². The lowest BCUT2D eigenvalue weighted by molar-refractivity contribution is -0.115. The number of hydrogen-bond donors (Lipinski definition) is 2. The van der Waals surface area contributed by atoms with E-state index < -0.39 is 0 Å². The van der Waals surface area contributed by atoms with Gasteiger partial charge < -0.3 is 16.0 Å². The average molecular weight is 259 g/mol. The van der Waals surface area contributed by atoms with Crippen molar-refractivity contribution in [3.8, 4) is 0 Å². The Bertz CT molecular complexity index is 533. The molecule has 1 fully saturated rings. The lowest BCUT2D eigenvalue weighted by atomic mass is 10.0. The van der Waals surface area contributed by atoms with Crippen molar-refractivity contribution in [2.45, 2.75) is 25.3 Å². The van der Waals surface area contributed by atoms with Gasteiger partial charge in [-0.05, 0) is 36.6 Å². The van der Waals surface area contributed by atoms with Crippen LogP contribution in [0.2, 0.25) is 0 Å². The summed E-state index contributed by atoms with van der Waals surface area (Å²) in [5.41, 5.74) is 8.23. The van der Waals surface area contributed by atoms with Gasteiger partial charge in [-0.25, -0.2) is 0 Å². The minimum Gasteiger partial charge on any atom is -0.339 e. The summed E-state index contributed by atoms with van der Waals surface area (Å²) in [5.74, 6) is 0.0256. The van der Waals surface area contributed by atoms with Crippen LogP contribution in [0.3, 0.4) is 0 Å². The number of likely N-dealkylation sites (tertiary alicyclic amines) is 1. The van der Waals surface area contributed by atoms with Crippen molar-refractivity contribution in [1.29, 1.82) is 0 Å². The van der Waals surface area contributed by atoms with Gasteiger partial charge >= 0.3 is 0 Å². The molecule has 19 heavy (non-hydrogen) atoms. The molecule has 0 aliphatic carbocycles. The summed E-state index contributed by atoms with van der Waals surface area (Å²) < 4.78 is 0. The topological polar surface area (TPSA) is 75.4 Å². The Morgan fingerprint density at radius 2 is 2.05 bits per heavy atom. The zero-order valence-corrected chi connectivity index (χ0v) is 10.7. The molecule has 0 bridgehead atoms. The van der Waals surface area contributed by atoms with Crippen LogP contribution in [0.4, 0.5) is 5.69 Å². The summed E-state index contributed by atoms with van der Waals surface area (Å²) in [4.78, 5) is 25.5. The van der Waals surface area contributed by atoms with Crippen LogP contribution in [0.15, 0.2) is 18.2 Å². The molecule has 0 aromatic heterocycles. The smallest absolute Gasteiger partial charge is 0.253 e. The van der Waals surface area contributed by atoms with E-state index in [1.807, 2.05) is 17.0 Å². The fourth-order valence-corrected chi connectivity index (χ4v) is 2.65. The van der Waals surface area contributed by atoms with E-state index in [9.17, 15) is 9.59 Å². The largest absolute Gasteiger partial charge is 0.339 e. The number of anilines is 1. The molecule has 100 valence electrons. The molecule has 0 saturated carbocycles. The number of benzene rings is 1. The number of carbonyl (C=O) groups excluding carboxylic acids is 2.